The molecule has 1 unspecified atom stereocenters. The Balaban J connectivity index is 1.99. The van der Waals surface area contributed by atoms with Gasteiger partial charge in [0.05, 0.1) is 3.79 Å². The van der Waals surface area contributed by atoms with E-state index in [0.717, 1.165) is 21.1 Å². The molecule has 0 radical (unpaired) electrons. The number of hydrogen-bond acceptors (Lipinski definition) is 2. The van der Waals surface area contributed by atoms with Gasteiger partial charge in [0.1, 0.15) is 0 Å². The van der Waals surface area contributed by atoms with Gasteiger partial charge in [0.15, 0.2) is 0 Å². The van der Waals surface area contributed by atoms with Gasteiger partial charge < -0.3 is 5.11 Å². The molecule has 0 saturated carbocycles. The predicted molar refractivity (Wildman–Crippen MR) is 84.1 cm³/mol. The summed E-state index contributed by atoms with van der Waals surface area (Å²) in [6.07, 6.45) is 1.85. The van der Waals surface area contributed by atoms with Crippen LogP contribution in [0.2, 0.25) is 0 Å². The Morgan fingerprint density at radius 2 is 1.72 bits per heavy atom. The van der Waals surface area contributed by atoms with E-state index in [1.807, 2.05) is 12.1 Å². The van der Waals surface area contributed by atoms with E-state index in [1.165, 1.54) is 10.4 Å². The maximum absolute atomic E-state index is 9.49. The molecule has 1 aromatic carbocycles. The molecule has 2 aromatic rings. The molecule has 0 saturated heterocycles. The highest BCUT2D eigenvalue weighted by molar-refractivity contribution is 9.11. The van der Waals surface area contributed by atoms with Crippen LogP contribution in [0.3, 0.4) is 0 Å². The third kappa shape index (κ3) is 4.19. The Hall–Kier alpha value is -0.160. The molecule has 1 aromatic heterocycles. The Morgan fingerprint density at radius 3 is 2.28 bits per heavy atom. The smallest absolute Gasteiger partial charge is 0.0701 e. The largest absolute Gasteiger partial charge is 0.396 e. The van der Waals surface area contributed by atoms with Crippen LogP contribution in [0.4, 0.5) is 0 Å². The molecular formula is C14H14Br2OS. The van der Waals surface area contributed by atoms with Crippen molar-refractivity contribution in [3.63, 3.8) is 0 Å². The van der Waals surface area contributed by atoms with Crippen LogP contribution in [-0.2, 0) is 12.8 Å². The van der Waals surface area contributed by atoms with E-state index in [9.17, 15) is 5.11 Å². The van der Waals surface area contributed by atoms with Crippen LogP contribution >= 0.6 is 43.2 Å². The fourth-order valence-corrected chi connectivity index (χ4v) is 3.76. The molecular weight excluding hydrogens is 376 g/mol. The second kappa shape index (κ2) is 6.85. The number of benzene rings is 1. The van der Waals surface area contributed by atoms with Crippen molar-refractivity contribution in [2.24, 2.45) is 5.92 Å². The van der Waals surface area contributed by atoms with Gasteiger partial charge in [-0.1, -0.05) is 28.1 Å². The van der Waals surface area contributed by atoms with E-state index in [0.29, 0.717) is 0 Å². The van der Waals surface area contributed by atoms with Crippen molar-refractivity contribution in [2.45, 2.75) is 12.8 Å². The van der Waals surface area contributed by atoms with Crippen molar-refractivity contribution in [2.75, 3.05) is 6.61 Å². The maximum Gasteiger partial charge on any atom is 0.0701 e. The average molecular weight is 390 g/mol. The van der Waals surface area contributed by atoms with Crippen molar-refractivity contribution >= 4 is 43.2 Å². The maximum atomic E-state index is 9.49. The molecule has 0 aliphatic carbocycles. The number of aliphatic hydroxyl groups is 1. The molecule has 2 rings (SSSR count). The first kappa shape index (κ1) is 14.3. The monoisotopic (exact) mass is 388 g/mol. The summed E-state index contributed by atoms with van der Waals surface area (Å²) in [4.78, 5) is 1.32. The van der Waals surface area contributed by atoms with Crippen LogP contribution in [0.5, 0.6) is 0 Å². The number of aliphatic hydroxyl groups excluding tert-OH is 1. The van der Waals surface area contributed by atoms with E-state index in [4.69, 9.17) is 0 Å². The second-order valence-electron chi connectivity index (χ2n) is 4.29. The standard InChI is InChI=1S/C14H14Br2OS/c15-12-3-1-10(2-4-12)7-11(9-17)8-13-5-6-14(16)18-13/h1-6,11,17H,7-9H2. The minimum Gasteiger partial charge on any atom is -0.396 e. The lowest BCUT2D eigenvalue weighted by atomic mass is 9.96. The number of halogens is 2. The topological polar surface area (TPSA) is 20.2 Å². The lowest BCUT2D eigenvalue weighted by molar-refractivity contribution is 0.225. The lowest BCUT2D eigenvalue weighted by Crippen LogP contribution is -2.12. The van der Waals surface area contributed by atoms with E-state index in [-0.39, 0.29) is 12.5 Å². The van der Waals surface area contributed by atoms with Gasteiger partial charge in [0.25, 0.3) is 0 Å². The first-order chi connectivity index (χ1) is 8.67. The summed E-state index contributed by atoms with van der Waals surface area (Å²) < 4.78 is 2.24. The first-order valence-electron chi connectivity index (χ1n) is 5.77. The van der Waals surface area contributed by atoms with Crippen molar-refractivity contribution < 1.29 is 5.11 Å². The van der Waals surface area contributed by atoms with E-state index < -0.39 is 0 Å². The molecule has 4 heteroatoms. The fraction of sp³-hybridized carbons (Fsp3) is 0.286. The third-order valence-electron chi connectivity index (χ3n) is 2.81. The van der Waals surface area contributed by atoms with Gasteiger partial charge in [-0.25, -0.2) is 0 Å². The Labute approximate surface area is 128 Å². The summed E-state index contributed by atoms with van der Waals surface area (Å²) in [6.45, 7) is 0.228. The highest BCUT2D eigenvalue weighted by Gasteiger charge is 2.11. The highest BCUT2D eigenvalue weighted by Crippen LogP contribution is 2.25. The number of hydrogen-bond donors (Lipinski definition) is 1. The predicted octanol–water partition coefficient (Wildman–Crippen LogP) is 4.67. The summed E-state index contributed by atoms with van der Waals surface area (Å²) in [7, 11) is 0. The van der Waals surface area contributed by atoms with Gasteiger partial charge in [-0.3, -0.25) is 0 Å². The van der Waals surface area contributed by atoms with Crippen LogP contribution in [0.15, 0.2) is 44.7 Å². The van der Waals surface area contributed by atoms with Crippen molar-refractivity contribution in [3.05, 3.63) is 55.1 Å². The van der Waals surface area contributed by atoms with E-state index in [1.54, 1.807) is 11.3 Å². The molecule has 0 bridgehead atoms. The van der Waals surface area contributed by atoms with E-state index >= 15 is 0 Å². The molecule has 1 atom stereocenters. The number of thiophene rings is 1. The molecule has 0 aliphatic rings. The quantitative estimate of drug-likeness (QED) is 0.787. The summed E-state index contributed by atoms with van der Waals surface area (Å²) in [6, 6.07) is 12.5. The van der Waals surface area contributed by atoms with E-state index in [2.05, 4.69) is 56.1 Å². The first-order valence-corrected chi connectivity index (χ1v) is 8.17. The summed E-state index contributed by atoms with van der Waals surface area (Å²) in [5, 5.41) is 9.49. The molecule has 0 spiro atoms. The van der Waals surface area contributed by atoms with Gasteiger partial charge in [-0.15, -0.1) is 11.3 Å². The van der Waals surface area contributed by atoms with Crippen LogP contribution in [0, 0.1) is 5.92 Å². The fourth-order valence-electron chi connectivity index (χ4n) is 1.90. The Bertz CT molecular complexity index is 493. The van der Waals surface area contributed by atoms with Crippen LogP contribution in [-0.4, -0.2) is 11.7 Å². The van der Waals surface area contributed by atoms with Crippen LogP contribution in [0.1, 0.15) is 10.4 Å². The van der Waals surface area contributed by atoms with Gasteiger partial charge in [-0.2, -0.15) is 0 Å². The van der Waals surface area contributed by atoms with Crippen molar-refractivity contribution in [1.82, 2.24) is 0 Å². The third-order valence-corrected chi connectivity index (χ3v) is 4.99. The summed E-state index contributed by atoms with van der Waals surface area (Å²) in [5.41, 5.74) is 1.27. The highest BCUT2D eigenvalue weighted by atomic mass is 79.9. The summed E-state index contributed by atoms with van der Waals surface area (Å²) >= 11 is 8.64. The van der Waals surface area contributed by atoms with Crippen LogP contribution < -0.4 is 0 Å². The SMILES string of the molecule is OCC(Cc1ccc(Br)cc1)Cc1ccc(Br)s1. The van der Waals surface area contributed by atoms with Gasteiger partial charge in [0.2, 0.25) is 0 Å². The average Bonchev–Trinajstić information content (AvgIpc) is 2.77. The van der Waals surface area contributed by atoms with Crippen molar-refractivity contribution in [3.8, 4) is 0 Å². The molecule has 96 valence electrons. The Kier molecular flexibility index (Phi) is 5.42. The number of rotatable bonds is 5. The summed E-state index contributed by atoms with van der Waals surface area (Å²) in [5.74, 6) is 0.289. The molecule has 0 aliphatic heterocycles. The minimum absolute atomic E-state index is 0.228. The second-order valence-corrected chi connectivity index (χ2v) is 7.75. The molecule has 1 heterocycles. The van der Waals surface area contributed by atoms with Crippen LogP contribution in [0.25, 0.3) is 0 Å². The Morgan fingerprint density at radius 1 is 1.00 bits per heavy atom. The molecule has 1 N–H and O–H groups in total. The van der Waals surface area contributed by atoms with Gasteiger partial charge in [-0.05, 0) is 64.5 Å². The zero-order valence-corrected chi connectivity index (χ0v) is 13.8. The molecule has 18 heavy (non-hydrogen) atoms. The van der Waals surface area contributed by atoms with Crippen molar-refractivity contribution in [1.29, 1.82) is 0 Å². The lowest BCUT2D eigenvalue weighted by Gasteiger charge is -2.13. The minimum atomic E-state index is 0.228. The normalized spacial score (nSPS) is 12.6. The molecule has 1 nitrogen and oxygen atoms in total. The van der Waals surface area contributed by atoms with Gasteiger partial charge >= 0.3 is 0 Å². The zero-order valence-electron chi connectivity index (χ0n) is 9.77. The zero-order chi connectivity index (χ0) is 13.0. The molecule has 0 amide bonds. The van der Waals surface area contributed by atoms with Gasteiger partial charge in [0, 0.05) is 16.0 Å². The molecule has 0 fully saturated rings.